The summed E-state index contributed by atoms with van der Waals surface area (Å²) in [7, 11) is 0. The van der Waals surface area contributed by atoms with E-state index in [2.05, 4.69) is 16.0 Å². The molecule has 0 fully saturated rings. The molecule has 0 spiro atoms. The molecule has 126 valence electrons. The van der Waals surface area contributed by atoms with Crippen LogP contribution < -0.4 is 16.0 Å². The molecule has 0 saturated heterocycles. The Morgan fingerprint density at radius 3 is 2.46 bits per heavy atom. The predicted octanol–water partition coefficient (Wildman–Crippen LogP) is 3.65. The van der Waals surface area contributed by atoms with Crippen molar-refractivity contribution in [1.82, 2.24) is 10.6 Å². The Morgan fingerprint density at radius 1 is 1.12 bits per heavy atom. The molecule has 1 atom stereocenters. The van der Waals surface area contributed by atoms with E-state index in [1.807, 2.05) is 49.4 Å². The number of urea groups is 1. The van der Waals surface area contributed by atoms with E-state index in [1.165, 1.54) is 0 Å². The zero-order valence-corrected chi connectivity index (χ0v) is 14.4. The van der Waals surface area contributed by atoms with E-state index in [-0.39, 0.29) is 0 Å². The summed E-state index contributed by atoms with van der Waals surface area (Å²) in [4.78, 5) is 24.2. The minimum Gasteiger partial charge on any atom is -0.370 e. The van der Waals surface area contributed by atoms with Crippen LogP contribution in [0.3, 0.4) is 0 Å². The molecular weight excluding hydrogens is 326 g/mol. The van der Waals surface area contributed by atoms with Crippen molar-refractivity contribution in [3.8, 4) is 0 Å². The number of carbonyl (C=O) groups is 2. The van der Waals surface area contributed by atoms with Crippen LogP contribution >= 0.6 is 11.6 Å². The molecule has 0 heterocycles. The van der Waals surface area contributed by atoms with E-state index in [4.69, 9.17) is 11.6 Å². The smallest absolute Gasteiger partial charge is 0.321 e. The van der Waals surface area contributed by atoms with Crippen molar-refractivity contribution >= 4 is 29.2 Å². The summed E-state index contributed by atoms with van der Waals surface area (Å²) in [5.41, 5.74) is 2.40. The van der Waals surface area contributed by atoms with Crippen molar-refractivity contribution in [3.05, 3.63) is 64.7 Å². The maximum absolute atomic E-state index is 12.5. The molecule has 0 aliphatic heterocycles. The van der Waals surface area contributed by atoms with Gasteiger partial charge in [0, 0.05) is 17.3 Å². The fraction of sp³-hybridized carbons (Fsp3) is 0.222. The average Bonchev–Trinajstić information content (AvgIpc) is 2.56. The lowest BCUT2D eigenvalue weighted by Crippen LogP contribution is -2.43. The van der Waals surface area contributed by atoms with Crippen LogP contribution in [0.4, 0.5) is 10.5 Å². The molecule has 2 rings (SSSR count). The van der Waals surface area contributed by atoms with Gasteiger partial charge in [0.05, 0.1) is 0 Å². The van der Waals surface area contributed by atoms with Crippen LogP contribution in [0.1, 0.15) is 24.1 Å². The maximum atomic E-state index is 12.5. The fourth-order valence-electron chi connectivity index (χ4n) is 2.18. The van der Waals surface area contributed by atoms with Gasteiger partial charge < -0.3 is 10.6 Å². The number of hydrogen-bond acceptors (Lipinski definition) is 3. The molecule has 2 aromatic rings. The lowest BCUT2D eigenvalue weighted by Gasteiger charge is -2.20. The molecule has 0 aromatic heterocycles. The highest BCUT2D eigenvalue weighted by atomic mass is 35.5. The lowest BCUT2D eigenvalue weighted by molar-refractivity contribution is -0.120. The third kappa shape index (κ3) is 4.73. The Balaban J connectivity index is 2.24. The molecule has 2 aromatic carbocycles. The van der Waals surface area contributed by atoms with Crippen molar-refractivity contribution in [2.45, 2.75) is 19.9 Å². The topological polar surface area (TPSA) is 70.2 Å². The summed E-state index contributed by atoms with van der Waals surface area (Å²) in [6, 6.07) is 13.4. The lowest BCUT2D eigenvalue weighted by atomic mass is 10.1. The van der Waals surface area contributed by atoms with Gasteiger partial charge in [0.1, 0.15) is 6.04 Å². The molecule has 0 saturated carbocycles. The SMILES string of the molecule is CCNC(=O)NC(=O)[C@H](Nc1ccc(C)c(Cl)c1)c1ccccc1. The number of nitrogens with one attached hydrogen (secondary N) is 3. The first kappa shape index (κ1) is 17.8. The summed E-state index contributed by atoms with van der Waals surface area (Å²) in [6.07, 6.45) is 0. The van der Waals surface area contributed by atoms with Gasteiger partial charge in [0.15, 0.2) is 0 Å². The Hall–Kier alpha value is -2.53. The minimum absolute atomic E-state index is 0.441. The number of halogens is 1. The van der Waals surface area contributed by atoms with Crippen molar-refractivity contribution in [2.75, 3.05) is 11.9 Å². The molecule has 0 aliphatic carbocycles. The van der Waals surface area contributed by atoms with Gasteiger partial charge in [-0.15, -0.1) is 0 Å². The normalized spacial score (nSPS) is 11.5. The van der Waals surface area contributed by atoms with Crippen molar-refractivity contribution in [1.29, 1.82) is 0 Å². The summed E-state index contributed by atoms with van der Waals surface area (Å²) in [5, 5.41) is 8.63. The predicted molar refractivity (Wildman–Crippen MR) is 96.2 cm³/mol. The Bertz CT molecular complexity index is 719. The minimum atomic E-state index is -0.715. The van der Waals surface area contributed by atoms with Crippen LogP contribution in [-0.4, -0.2) is 18.5 Å². The van der Waals surface area contributed by atoms with Crippen LogP contribution in [0, 0.1) is 6.92 Å². The number of amides is 3. The molecule has 3 amide bonds. The van der Waals surface area contributed by atoms with Crippen LogP contribution in [-0.2, 0) is 4.79 Å². The number of rotatable bonds is 5. The summed E-state index contributed by atoms with van der Waals surface area (Å²) < 4.78 is 0. The van der Waals surface area contributed by atoms with E-state index in [0.717, 1.165) is 11.1 Å². The summed E-state index contributed by atoms with van der Waals surface area (Å²) in [6.45, 7) is 4.13. The Kier molecular flexibility index (Phi) is 6.21. The van der Waals surface area contributed by atoms with Gasteiger partial charge in [-0.25, -0.2) is 4.79 Å². The number of imide groups is 1. The summed E-state index contributed by atoms with van der Waals surface area (Å²) in [5.74, 6) is -0.441. The van der Waals surface area contributed by atoms with Gasteiger partial charge >= 0.3 is 6.03 Å². The van der Waals surface area contributed by atoms with Crippen LogP contribution in [0.5, 0.6) is 0 Å². The average molecular weight is 346 g/mol. The van der Waals surface area contributed by atoms with Crippen molar-refractivity contribution < 1.29 is 9.59 Å². The van der Waals surface area contributed by atoms with E-state index < -0.39 is 18.0 Å². The van der Waals surface area contributed by atoms with Crippen LogP contribution in [0.15, 0.2) is 48.5 Å². The first-order chi connectivity index (χ1) is 11.5. The van der Waals surface area contributed by atoms with Gasteiger partial charge in [-0.3, -0.25) is 10.1 Å². The molecule has 0 radical (unpaired) electrons. The Morgan fingerprint density at radius 2 is 1.83 bits per heavy atom. The molecule has 3 N–H and O–H groups in total. The van der Waals surface area contributed by atoms with Gasteiger partial charge in [-0.05, 0) is 37.1 Å². The fourth-order valence-corrected chi connectivity index (χ4v) is 2.36. The molecule has 24 heavy (non-hydrogen) atoms. The number of carbonyl (C=O) groups excluding carboxylic acids is 2. The van der Waals surface area contributed by atoms with Gasteiger partial charge in [-0.1, -0.05) is 48.0 Å². The Labute approximate surface area is 146 Å². The highest BCUT2D eigenvalue weighted by Crippen LogP contribution is 2.24. The van der Waals surface area contributed by atoms with E-state index in [1.54, 1.807) is 13.0 Å². The second kappa shape index (κ2) is 8.36. The van der Waals surface area contributed by atoms with Crippen molar-refractivity contribution in [3.63, 3.8) is 0 Å². The highest BCUT2D eigenvalue weighted by molar-refractivity contribution is 6.31. The van der Waals surface area contributed by atoms with Gasteiger partial charge in [0.2, 0.25) is 0 Å². The van der Waals surface area contributed by atoms with Crippen LogP contribution in [0.2, 0.25) is 5.02 Å². The third-order valence-electron chi connectivity index (χ3n) is 3.45. The monoisotopic (exact) mass is 345 g/mol. The maximum Gasteiger partial charge on any atom is 0.321 e. The zero-order valence-electron chi connectivity index (χ0n) is 13.6. The van der Waals surface area contributed by atoms with E-state index in [0.29, 0.717) is 17.3 Å². The second-order valence-corrected chi connectivity index (χ2v) is 5.71. The highest BCUT2D eigenvalue weighted by Gasteiger charge is 2.22. The standard InChI is InChI=1S/C18H20ClN3O2/c1-3-20-18(24)22-17(23)16(13-7-5-4-6-8-13)21-14-10-9-12(2)15(19)11-14/h4-11,16,21H,3H2,1-2H3,(H2,20,22,23,24)/t16-/m1/s1. The van der Waals surface area contributed by atoms with Crippen LogP contribution in [0.25, 0.3) is 0 Å². The number of aryl methyl sites for hydroxylation is 1. The largest absolute Gasteiger partial charge is 0.370 e. The molecule has 6 heteroatoms. The van der Waals surface area contributed by atoms with Gasteiger partial charge in [0.25, 0.3) is 5.91 Å². The molecule has 0 unspecified atom stereocenters. The molecule has 5 nitrogen and oxygen atoms in total. The first-order valence-corrected chi connectivity index (χ1v) is 8.05. The first-order valence-electron chi connectivity index (χ1n) is 7.67. The zero-order chi connectivity index (χ0) is 17.5. The summed E-state index contributed by atoms with van der Waals surface area (Å²) >= 11 is 6.14. The number of hydrogen-bond donors (Lipinski definition) is 3. The van der Waals surface area contributed by atoms with E-state index in [9.17, 15) is 9.59 Å². The molecule has 0 aliphatic rings. The third-order valence-corrected chi connectivity index (χ3v) is 3.86. The molecular formula is C18H20ClN3O2. The van der Waals surface area contributed by atoms with Gasteiger partial charge in [-0.2, -0.15) is 0 Å². The number of anilines is 1. The quantitative estimate of drug-likeness (QED) is 0.774. The number of benzene rings is 2. The van der Waals surface area contributed by atoms with E-state index >= 15 is 0 Å². The molecule has 0 bridgehead atoms. The van der Waals surface area contributed by atoms with Crippen molar-refractivity contribution in [2.24, 2.45) is 0 Å². The second-order valence-electron chi connectivity index (χ2n) is 5.30.